The van der Waals surface area contributed by atoms with E-state index in [1.807, 2.05) is 91.3 Å². The Kier molecular flexibility index (Phi) is 19.6. The standard InChI is InChI=1S/C27H36N6O2.C21H26ClN3O2.C6H11N3.CH4/c1-18(2)33-15-22(14-29-33)30-26-28-12-11-24(31-26)21-8-7-20(19(3)13-21)9-10-25(34)32-16-23(17-32)35-27(4,5)6;1-14-11-16(18-9-10-23-20(22)24-18)6-5-15(14)7-8-19(26)25-12-17(13-25)27-21(2,3)4;1-5(2)9-4-6(7)3-8-9;/h7-8,11-15,18,23H,9-10,16-17H2,1-6H3,(H,28,30,31);5-6,9-11,17H,7-8,12-13H2,1-4H3;3-5H,7H2,1-2H3;1H4. The number of benzene rings is 2. The van der Waals surface area contributed by atoms with E-state index in [0.29, 0.717) is 57.1 Å². The third-order valence-corrected chi connectivity index (χ3v) is 11.9. The number of nitrogen functional groups attached to an aromatic ring is 1. The average molecular weight is 1010 g/mol. The molecule has 0 unspecified atom stereocenters. The Hall–Kier alpha value is -6.23. The van der Waals surface area contributed by atoms with E-state index >= 15 is 0 Å². The number of aryl methyl sites for hydroxylation is 4. The van der Waals surface area contributed by atoms with Crippen LogP contribution in [0.15, 0.2) is 85.7 Å². The molecular weight excluding hydrogens is 928 g/mol. The summed E-state index contributed by atoms with van der Waals surface area (Å²) in [4.78, 5) is 45.9. The van der Waals surface area contributed by atoms with Gasteiger partial charge in [-0.1, -0.05) is 31.7 Å². The molecule has 2 saturated heterocycles. The number of carbonyl (C=O) groups is 2. The largest absolute Gasteiger partial charge is 0.396 e. The summed E-state index contributed by atoms with van der Waals surface area (Å²) < 4.78 is 15.5. The van der Waals surface area contributed by atoms with Crippen LogP contribution in [0.1, 0.15) is 124 Å². The first-order valence-corrected chi connectivity index (χ1v) is 24.9. The van der Waals surface area contributed by atoms with E-state index in [1.165, 1.54) is 11.1 Å². The number of aromatic nitrogens is 8. The number of carbonyl (C=O) groups excluding carboxylic acids is 2. The maximum atomic E-state index is 12.6. The molecule has 4 aromatic heterocycles. The van der Waals surface area contributed by atoms with Crippen LogP contribution in [0, 0.1) is 13.8 Å². The summed E-state index contributed by atoms with van der Waals surface area (Å²) in [6.45, 7) is 27.5. The second-order valence-electron chi connectivity index (χ2n) is 20.8. The van der Waals surface area contributed by atoms with Crippen LogP contribution in [0.4, 0.5) is 17.3 Å². The lowest BCUT2D eigenvalue weighted by Gasteiger charge is -2.42. The minimum absolute atomic E-state index is 0. The zero-order valence-electron chi connectivity index (χ0n) is 43.6. The number of anilines is 3. The van der Waals surface area contributed by atoms with Gasteiger partial charge >= 0.3 is 0 Å². The number of nitrogens with one attached hydrogen (secondary N) is 1. The zero-order chi connectivity index (χ0) is 51.6. The van der Waals surface area contributed by atoms with E-state index in [1.54, 1.807) is 24.8 Å². The van der Waals surface area contributed by atoms with E-state index in [4.69, 9.17) is 26.8 Å². The van der Waals surface area contributed by atoms with Crippen LogP contribution in [0.3, 0.4) is 0 Å². The van der Waals surface area contributed by atoms with Gasteiger partial charge in [-0.15, -0.1) is 0 Å². The molecule has 0 spiro atoms. The van der Waals surface area contributed by atoms with Crippen LogP contribution in [0.2, 0.25) is 5.28 Å². The van der Waals surface area contributed by atoms with Gasteiger partial charge in [0.2, 0.25) is 23.0 Å². The predicted molar refractivity (Wildman–Crippen MR) is 288 cm³/mol. The van der Waals surface area contributed by atoms with Gasteiger partial charge in [0, 0.05) is 87.0 Å². The molecule has 2 amide bonds. The van der Waals surface area contributed by atoms with Crippen LogP contribution in [0.5, 0.6) is 0 Å². The minimum atomic E-state index is -0.170. The Morgan fingerprint density at radius 3 is 1.56 bits per heavy atom. The van der Waals surface area contributed by atoms with Crippen molar-refractivity contribution in [3.8, 4) is 22.5 Å². The fourth-order valence-corrected chi connectivity index (χ4v) is 8.18. The van der Waals surface area contributed by atoms with Crippen molar-refractivity contribution in [2.75, 3.05) is 37.2 Å². The third kappa shape index (κ3) is 16.9. The summed E-state index contributed by atoms with van der Waals surface area (Å²) in [5, 5.41) is 11.8. The molecule has 0 aliphatic carbocycles. The fraction of sp³-hybridized carbons (Fsp3) is 0.491. The van der Waals surface area contributed by atoms with Gasteiger partial charge in [0.05, 0.1) is 58.6 Å². The van der Waals surface area contributed by atoms with Crippen LogP contribution >= 0.6 is 11.6 Å². The highest BCUT2D eigenvalue weighted by atomic mass is 35.5. The van der Waals surface area contributed by atoms with Gasteiger partial charge in [0.25, 0.3) is 0 Å². The molecule has 16 nitrogen and oxygen atoms in total. The molecule has 2 aliphatic heterocycles. The van der Waals surface area contributed by atoms with Crippen molar-refractivity contribution in [1.29, 1.82) is 0 Å². The van der Waals surface area contributed by atoms with Gasteiger partial charge in [-0.3, -0.25) is 19.0 Å². The highest BCUT2D eigenvalue weighted by Gasteiger charge is 2.35. The Labute approximate surface area is 432 Å². The van der Waals surface area contributed by atoms with E-state index in [0.717, 1.165) is 57.9 Å². The first kappa shape index (κ1) is 56.7. The van der Waals surface area contributed by atoms with Crippen molar-refractivity contribution >= 4 is 40.7 Å². The van der Waals surface area contributed by atoms with Crippen LogP contribution in [-0.2, 0) is 31.9 Å². The quantitative estimate of drug-likeness (QED) is 0.0986. The summed E-state index contributed by atoms with van der Waals surface area (Å²) in [6.07, 6.45) is 13.4. The summed E-state index contributed by atoms with van der Waals surface area (Å²) in [5.41, 5.74) is 15.0. The van der Waals surface area contributed by atoms with Gasteiger partial charge in [-0.05, 0) is 154 Å². The molecule has 6 heterocycles. The molecule has 72 heavy (non-hydrogen) atoms. The van der Waals surface area contributed by atoms with Gasteiger partial charge < -0.3 is 30.3 Å². The molecule has 17 heteroatoms. The number of hydrogen-bond acceptors (Lipinski definition) is 12. The van der Waals surface area contributed by atoms with Gasteiger partial charge in [-0.25, -0.2) is 19.9 Å². The van der Waals surface area contributed by atoms with Crippen molar-refractivity contribution in [1.82, 2.24) is 49.3 Å². The highest BCUT2D eigenvalue weighted by Crippen LogP contribution is 2.27. The van der Waals surface area contributed by atoms with E-state index in [9.17, 15) is 9.59 Å². The molecule has 3 N–H and O–H groups in total. The van der Waals surface area contributed by atoms with Crippen LogP contribution in [-0.4, -0.2) is 111 Å². The number of hydrogen-bond donors (Lipinski definition) is 2. The lowest BCUT2D eigenvalue weighted by atomic mass is 9.99. The van der Waals surface area contributed by atoms with Crippen molar-refractivity contribution < 1.29 is 19.1 Å². The number of ether oxygens (including phenoxy) is 2. The maximum Gasteiger partial charge on any atom is 0.227 e. The lowest BCUT2D eigenvalue weighted by molar-refractivity contribution is -0.157. The molecule has 388 valence electrons. The van der Waals surface area contributed by atoms with E-state index < -0.39 is 0 Å². The Morgan fingerprint density at radius 1 is 0.694 bits per heavy atom. The van der Waals surface area contributed by atoms with Crippen molar-refractivity contribution in [3.05, 3.63) is 113 Å². The zero-order valence-corrected chi connectivity index (χ0v) is 44.4. The number of likely N-dealkylation sites (tertiary alicyclic amines) is 2. The number of rotatable bonds is 14. The third-order valence-electron chi connectivity index (χ3n) is 11.8. The van der Waals surface area contributed by atoms with Crippen molar-refractivity contribution in [2.24, 2.45) is 0 Å². The Morgan fingerprint density at radius 2 is 1.15 bits per heavy atom. The van der Waals surface area contributed by atoms with Gasteiger partial charge in [0.15, 0.2) is 0 Å². The topological polar surface area (TPSA) is 184 Å². The van der Waals surface area contributed by atoms with Gasteiger partial charge in [-0.2, -0.15) is 10.2 Å². The molecule has 8 rings (SSSR count). The van der Waals surface area contributed by atoms with Crippen LogP contribution in [0.25, 0.3) is 22.5 Å². The monoisotopic (exact) mass is 1000 g/mol. The minimum Gasteiger partial charge on any atom is -0.396 e. The maximum absolute atomic E-state index is 12.6. The smallest absolute Gasteiger partial charge is 0.227 e. The first-order valence-electron chi connectivity index (χ1n) is 24.5. The molecule has 0 radical (unpaired) electrons. The molecule has 2 aliphatic rings. The Bertz CT molecular complexity index is 2710. The number of nitrogens with zero attached hydrogens (tertiary/aromatic N) is 10. The molecular formula is C55H77ClN12O4. The molecule has 0 bridgehead atoms. The summed E-state index contributed by atoms with van der Waals surface area (Å²) in [6, 6.07) is 16.9. The molecule has 6 aromatic rings. The lowest BCUT2D eigenvalue weighted by Crippen LogP contribution is -2.56. The number of amides is 2. The summed E-state index contributed by atoms with van der Waals surface area (Å²) in [5.74, 6) is 0.908. The first-order chi connectivity index (χ1) is 33.5. The number of halogens is 1. The second-order valence-corrected chi connectivity index (χ2v) is 21.2. The van der Waals surface area contributed by atoms with Crippen LogP contribution < -0.4 is 11.1 Å². The Balaban J connectivity index is 0.000000230. The predicted octanol–water partition coefficient (Wildman–Crippen LogP) is 10.7. The molecule has 2 fully saturated rings. The van der Waals surface area contributed by atoms with Gasteiger partial charge in [0.1, 0.15) is 0 Å². The SMILES string of the molecule is C.CC(C)n1cc(N)cn1.Cc1cc(-c2ccnc(Cl)n2)ccc1CCC(=O)N1CC(OC(C)(C)C)C1.Cc1cc(-c2ccnc(Nc3cnn(C(C)C)c3)n2)ccc1CCC(=O)N1CC(OC(C)(C)C)C1. The van der Waals surface area contributed by atoms with E-state index in [-0.39, 0.29) is 47.9 Å². The molecule has 0 saturated carbocycles. The van der Waals surface area contributed by atoms with Crippen molar-refractivity contribution in [3.63, 3.8) is 0 Å². The summed E-state index contributed by atoms with van der Waals surface area (Å²) in [7, 11) is 0. The second kappa shape index (κ2) is 24.9. The van der Waals surface area contributed by atoms with Crippen molar-refractivity contribution in [2.45, 2.75) is 152 Å². The average Bonchev–Trinajstić information content (AvgIpc) is 3.94. The highest BCUT2D eigenvalue weighted by molar-refractivity contribution is 6.28. The molecule has 2 aromatic carbocycles. The summed E-state index contributed by atoms with van der Waals surface area (Å²) >= 11 is 5.87. The molecule has 0 atom stereocenters. The number of nitrogens with two attached hydrogens (primary N) is 1. The van der Waals surface area contributed by atoms with E-state index in [2.05, 4.69) is 107 Å². The fourth-order valence-electron chi connectivity index (χ4n) is 8.03. The normalized spacial score (nSPS) is 13.9.